The standard InChI is InChI=1S/C4H12O4Si.H4O4Si/c1-2-3-4-8-9(5,6)7;1-5(2,3)4/h5-7H,2-4H2,1H3;1-4H. The Labute approximate surface area is 83.3 Å². The van der Waals surface area contributed by atoms with Crippen molar-refractivity contribution < 1.29 is 38.0 Å². The molecule has 88 valence electrons. The van der Waals surface area contributed by atoms with Crippen LogP contribution in [0.3, 0.4) is 0 Å². The van der Waals surface area contributed by atoms with E-state index in [2.05, 4.69) is 4.43 Å². The molecule has 7 N–H and O–H groups in total. The molecule has 0 amide bonds. The van der Waals surface area contributed by atoms with Crippen molar-refractivity contribution in [2.75, 3.05) is 6.61 Å². The fourth-order valence-electron chi connectivity index (χ4n) is 0.353. The first-order valence-corrected chi connectivity index (χ1v) is 7.30. The lowest BCUT2D eigenvalue weighted by molar-refractivity contribution is 0.0622. The normalized spacial score (nSPS) is 12.0. The number of unbranched alkanes of at least 4 members (excludes halogenated alkanes) is 1. The van der Waals surface area contributed by atoms with E-state index >= 15 is 0 Å². The molecule has 0 rings (SSSR count). The maximum atomic E-state index is 8.27. The van der Waals surface area contributed by atoms with Crippen molar-refractivity contribution in [2.24, 2.45) is 0 Å². The average Bonchev–Trinajstić information content (AvgIpc) is 1.80. The Morgan fingerprint density at radius 2 is 1.29 bits per heavy atom. The number of rotatable bonds is 4. The predicted molar refractivity (Wildman–Crippen MR) is 47.9 cm³/mol. The molecule has 0 unspecified atom stereocenters. The fourth-order valence-corrected chi connectivity index (χ4v) is 0.772. The van der Waals surface area contributed by atoms with Crippen LogP contribution >= 0.6 is 0 Å². The summed E-state index contributed by atoms with van der Waals surface area (Å²) in [6.45, 7) is 2.16. The lowest BCUT2D eigenvalue weighted by Crippen LogP contribution is -2.39. The van der Waals surface area contributed by atoms with Gasteiger partial charge in [0.25, 0.3) is 0 Å². The van der Waals surface area contributed by atoms with Crippen LogP contribution in [0.25, 0.3) is 0 Å². The molecule has 0 aromatic rings. The monoisotopic (exact) mass is 248 g/mol. The van der Waals surface area contributed by atoms with Crippen LogP contribution < -0.4 is 0 Å². The van der Waals surface area contributed by atoms with Crippen LogP contribution in [0.2, 0.25) is 0 Å². The summed E-state index contributed by atoms with van der Waals surface area (Å²) in [4.78, 5) is 54.1. The molecule has 0 fully saturated rings. The zero-order chi connectivity index (χ0) is 11.8. The number of hydrogen-bond acceptors (Lipinski definition) is 8. The molecule has 0 bridgehead atoms. The first kappa shape index (κ1) is 16.5. The molecule has 0 aromatic carbocycles. The van der Waals surface area contributed by atoms with E-state index < -0.39 is 18.1 Å². The maximum absolute atomic E-state index is 8.27. The number of hydrogen-bond donors (Lipinski definition) is 7. The highest BCUT2D eigenvalue weighted by atomic mass is 28.4. The molecule has 0 heterocycles. The summed E-state index contributed by atoms with van der Waals surface area (Å²) < 4.78 is 4.28. The molecule has 0 saturated carbocycles. The van der Waals surface area contributed by atoms with E-state index in [1.807, 2.05) is 6.92 Å². The Hall–Kier alpha value is 0.114. The van der Waals surface area contributed by atoms with Gasteiger partial charge in [0.15, 0.2) is 0 Å². The van der Waals surface area contributed by atoms with Crippen molar-refractivity contribution >= 4 is 18.1 Å². The van der Waals surface area contributed by atoms with Gasteiger partial charge in [-0.25, -0.2) is 0 Å². The molecular weight excluding hydrogens is 232 g/mol. The average molecular weight is 248 g/mol. The fraction of sp³-hybridized carbons (Fsp3) is 1.00. The van der Waals surface area contributed by atoms with Gasteiger partial charge in [0.1, 0.15) is 0 Å². The molecule has 0 atom stereocenters. The molecule has 0 aromatic heterocycles. The van der Waals surface area contributed by atoms with Crippen molar-refractivity contribution in [3.63, 3.8) is 0 Å². The summed E-state index contributed by atoms with van der Waals surface area (Å²) in [6.07, 6.45) is 1.64. The maximum Gasteiger partial charge on any atom is 0.671 e. The third kappa shape index (κ3) is 40.0. The van der Waals surface area contributed by atoms with Crippen LogP contribution in [0.1, 0.15) is 19.8 Å². The van der Waals surface area contributed by atoms with Gasteiger partial charge in [-0.2, -0.15) is 0 Å². The smallest absolute Gasteiger partial charge is 0.368 e. The van der Waals surface area contributed by atoms with E-state index in [1.165, 1.54) is 0 Å². The van der Waals surface area contributed by atoms with E-state index in [-0.39, 0.29) is 6.61 Å². The van der Waals surface area contributed by atoms with Gasteiger partial charge in [-0.05, 0) is 6.42 Å². The zero-order valence-corrected chi connectivity index (χ0v) is 9.66. The molecule has 8 nitrogen and oxygen atoms in total. The van der Waals surface area contributed by atoms with Crippen LogP contribution in [0.5, 0.6) is 0 Å². The third-order valence-electron chi connectivity index (χ3n) is 0.794. The van der Waals surface area contributed by atoms with Gasteiger partial charge in [-0.1, -0.05) is 13.3 Å². The SMILES string of the molecule is CCCCO[Si](O)(O)O.O[Si](O)(O)O. The second-order valence-corrected chi connectivity index (χ2v) is 5.01. The Bertz CT molecular complexity index is 122. The van der Waals surface area contributed by atoms with E-state index in [0.29, 0.717) is 0 Å². The summed E-state index contributed by atoms with van der Waals surface area (Å²) >= 11 is 0. The minimum Gasteiger partial charge on any atom is -0.368 e. The van der Waals surface area contributed by atoms with Gasteiger partial charge in [0.05, 0.1) is 0 Å². The second kappa shape index (κ2) is 7.41. The molecule has 14 heavy (non-hydrogen) atoms. The lowest BCUT2D eigenvalue weighted by Gasteiger charge is -2.07. The molecule has 0 aliphatic heterocycles. The third-order valence-corrected chi connectivity index (χ3v) is 1.39. The van der Waals surface area contributed by atoms with E-state index in [9.17, 15) is 0 Å². The quantitative estimate of drug-likeness (QED) is 0.201. The van der Waals surface area contributed by atoms with E-state index in [0.717, 1.165) is 12.8 Å². The van der Waals surface area contributed by atoms with Crippen molar-refractivity contribution in [3.05, 3.63) is 0 Å². The van der Waals surface area contributed by atoms with Gasteiger partial charge in [-0.15, -0.1) is 0 Å². The molecule has 10 heteroatoms. The van der Waals surface area contributed by atoms with Crippen LogP contribution in [0.4, 0.5) is 0 Å². The van der Waals surface area contributed by atoms with E-state index in [4.69, 9.17) is 33.6 Å². The van der Waals surface area contributed by atoms with Crippen LogP contribution in [-0.2, 0) is 4.43 Å². The highest BCUT2D eigenvalue weighted by Gasteiger charge is 2.29. The van der Waals surface area contributed by atoms with Gasteiger partial charge in [0, 0.05) is 6.61 Å². The molecule has 0 radical (unpaired) electrons. The van der Waals surface area contributed by atoms with Crippen LogP contribution in [0.15, 0.2) is 0 Å². The Morgan fingerprint density at radius 1 is 0.929 bits per heavy atom. The Morgan fingerprint density at radius 3 is 1.50 bits per heavy atom. The van der Waals surface area contributed by atoms with Crippen molar-refractivity contribution in [2.45, 2.75) is 19.8 Å². The Balaban J connectivity index is 0. The molecular formula is C4H16O8Si2. The minimum atomic E-state index is -4.61. The molecule has 0 aliphatic carbocycles. The van der Waals surface area contributed by atoms with Crippen molar-refractivity contribution in [1.29, 1.82) is 0 Å². The molecule has 0 saturated heterocycles. The van der Waals surface area contributed by atoms with Crippen LogP contribution in [0, 0.1) is 0 Å². The summed E-state index contributed by atoms with van der Waals surface area (Å²) in [5.41, 5.74) is 0. The summed E-state index contributed by atoms with van der Waals surface area (Å²) in [5.74, 6) is 0. The van der Waals surface area contributed by atoms with Gasteiger partial charge in [0.2, 0.25) is 0 Å². The topological polar surface area (TPSA) is 151 Å². The van der Waals surface area contributed by atoms with Crippen molar-refractivity contribution in [1.82, 2.24) is 0 Å². The van der Waals surface area contributed by atoms with E-state index in [1.54, 1.807) is 0 Å². The molecule has 0 aliphatic rings. The summed E-state index contributed by atoms with van der Waals surface area (Å²) in [6, 6.07) is 0. The molecule has 0 spiro atoms. The minimum absolute atomic E-state index is 0.215. The van der Waals surface area contributed by atoms with Gasteiger partial charge < -0.3 is 38.0 Å². The van der Waals surface area contributed by atoms with Crippen LogP contribution in [-0.4, -0.2) is 58.3 Å². The highest BCUT2D eigenvalue weighted by molar-refractivity contribution is 6.48. The Kier molecular flexibility index (Phi) is 8.76. The first-order valence-electron chi connectivity index (χ1n) is 3.77. The first-order chi connectivity index (χ1) is 6.06. The highest BCUT2D eigenvalue weighted by Crippen LogP contribution is 1.93. The summed E-state index contributed by atoms with van der Waals surface area (Å²) in [7, 11) is -8.81. The van der Waals surface area contributed by atoms with Crippen molar-refractivity contribution in [3.8, 4) is 0 Å². The predicted octanol–water partition coefficient (Wildman–Crippen LogP) is -3.39. The largest absolute Gasteiger partial charge is 0.671 e. The lowest BCUT2D eigenvalue weighted by atomic mass is 10.4. The summed E-state index contributed by atoms with van der Waals surface area (Å²) in [5, 5.41) is 0. The van der Waals surface area contributed by atoms with Gasteiger partial charge in [-0.3, -0.25) is 0 Å². The zero-order valence-electron chi connectivity index (χ0n) is 7.66. The van der Waals surface area contributed by atoms with Gasteiger partial charge >= 0.3 is 18.1 Å². The second-order valence-electron chi connectivity index (χ2n) is 2.38.